The van der Waals surface area contributed by atoms with Crippen LogP contribution in [0.1, 0.15) is 27.2 Å². The maximum absolute atomic E-state index is 6.58. The Morgan fingerprint density at radius 3 is 2.44 bits per heavy atom. The van der Waals surface area contributed by atoms with Crippen molar-refractivity contribution in [3.8, 4) is 0 Å². The van der Waals surface area contributed by atoms with Crippen molar-refractivity contribution in [2.45, 2.75) is 33.2 Å². The lowest BCUT2D eigenvalue weighted by molar-refractivity contribution is 0.473. The maximum Gasteiger partial charge on any atom is 0.0864 e. The first-order valence-corrected chi connectivity index (χ1v) is 3.34. The summed E-state index contributed by atoms with van der Waals surface area (Å²) in [4.78, 5) is 3.81. The molecule has 0 aromatic heterocycles. The van der Waals surface area contributed by atoms with E-state index in [1.807, 2.05) is 6.92 Å². The third-order valence-corrected chi connectivity index (χ3v) is 1.74. The Morgan fingerprint density at radius 1 is 1.56 bits per heavy atom. The van der Waals surface area contributed by atoms with E-state index in [-0.39, 0.29) is 6.04 Å². The molecule has 0 aliphatic rings. The maximum atomic E-state index is 6.58. The number of nitrogens with one attached hydrogen (secondary N) is 1. The summed E-state index contributed by atoms with van der Waals surface area (Å²) in [6, 6.07) is 2.31. The second-order valence-corrected chi connectivity index (χ2v) is 2.37. The van der Waals surface area contributed by atoms with Gasteiger partial charge >= 0.3 is 0 Å². The molecule has 0 amide bonds. The molecule has 0 saturated heterocycles. The van der Waals surface area contributed by atoms with Gasteiger partial charge in [0.05, 0.1) is 12.1 Å². The largest absolute Gasteiger partial charge is 0.242 e. The Balaban J connectivity index is 3.71. The topological polar surface area (TPSA) is 36.2 Å². The molecule has 0 heterocycles. The van der Waals surface area contributed by atoms with Gasteiger partial charge in [0.25, 0.3) is 0 Å². The minimum Gasteiger partial charge on any atom is -0.242 e. The second kappa shape index (κ2) is 4.28. The molecular formula is C7H14N2. The highest BCUT2D eigenvalue weighted by atomic mass is 14.8. The van der Waals surface area contributed by atoms with Crippen molar-refractivity contribution in [1.29, 1.82) is 5.41 Å². The van der Waals surface area contributed by atoms with Crippen molar-refractivity contribution in [1.82, 2.24) is 0 Å². The van der Waals surface area contributed by atoms with E-state index in [4.69, 9.17) is 5.41 Å². The average molecular weight is 126 g/mol. The summed E-state index contributed by atoms with van der Waals surface area (Å²) >= 11 is 0. The number of rotatable bonds is 3. The van der Waals surface area contributed by atoms with Crippen LogP contribution in [-0.2, 0) is 0 Å². The fourth-order valence-electron chi connectivity index (χ4n) is 0.570. The molecule has 0 spiro atoms. The third kappa shape index (κ3) is 3.04. The van der Waals surface area contributed by atoms with Crippen molar-refractivity contribution in [3.05, 3.63) is 0 Å². The van der Waals surface area contributed by atoms with Crippen molar-refractivity contribution < 1.29 is 0 Å². The third-order valence-electron chi connectivity index (χ3n) is 1.74. The molecule has 0 bridgehead atoms. The standard InChI is InChI=1S/C7H14N2/c1-4-6(2)7(3)9-5-8/h6-8H,4H2,1-3H3. The van der Waals surface area contributed by atoms with Crippen molar-refractivity contribution in [3.63, 3.8) is 0 Å². The molecule has 0 fully saturated rings. The summed E-state index contributed by atoms with van der Waals surface area (Å²) in [6.45, 7) is 6.27. The Bertz CT molecular complexity index is 114. The predicted molar refractivity (Wildman–Crippen MR) is 39.1 cm³/mol. The van der Waals surface area contributed by atoms with Gasteiger partial charge in [0.15, 0.2) is 0 Å². The van der Waals surface area contributed by atoms with E-state index in [2.05, 4.69) is 24.8 Å². The van der Waals surface area contributed by atoms with E-state index < -0.39 is 0 Å². The Hall–Kier alpha value is -0.620. The van der Waals surface area contributed by atoms with Crippen LogP contribution in [0.2, 0.25) is 0 Å². The van der Waals surface area contributed by atoms with Crippen LogP contribution in [0.15, 0.2) is 4.99 Å². The lowest BCUT2D eigenvalue weighted by Crippen LogP contribution is -2.09. The minimum atomic E-state index is 0.257. The van der Waals surface area contributed by atoms with Crippen LogP contribution in [0.25, 0.3) is 0 Å². The van der Waals surface area contributed by atoms with Crippen molar-refractivity contribution >= 4 is 6.01 Å². The van der Waals surface area contributed by atoms with Gasteiger partial charge in [-0.2, -0.15) is 0 Å². The summed E-state index contributed by atoms with van der Waals surface area (Å²) in [5.74, 6) is 0.572. The zero-order valence-corrected chi connectivity index (χ0v) is 6.31. The lowest BCUT2D eigenvalue weighted by atomic mass is 10.0. The zero-order valence-electron chi connectivity index (χ0n) is 6.31. The molecule has 2 atom stereocenters. The first kappa shape index (κ1) is 8.38. The SMILES string of the molecule is CCC(C)C(C)N=C=N. The summed E-state index contributed by atoms with van der Waals surface area (Å²) < 4.78 is 0. The molecule has 0 radical (unpaired) electrons. The highest BCUT2D eigenvalue weighted by Gasteiger charge is 2.06. The van der Waals surface area contributed by atoms with Gasteiger partial charge in [-0.25, -0.2) is 10.4 Å². The highest BCUT2D eigenvalue weighted by Crippen LogP contribution is 2.08. The second-order valence-electron chi connectivity index (χ2n) is 2.37. The average Bonchev–Trinajstić information content (AvgIpc) is 1.87. The van der Waals surface area contributed by atoms with E-state index in [0.717, 1.165) is 6.42 Å². The molecule has 2 nitrogen and oxygen atoms in total. The van der Waals surface area contributed by atoms with Crippen molar-refractivity contribution in [2.75, 3.05) is 0 Å². The van der Waals surface area contributed by atoms with Gasteiger partial charge in [-0.05, 0) is 12.8 Å². The molecule has 1 N–H and O–H groups in total. The summed E-state index contributed by atoms with van der Waals surface area (Å²) in [7, 11) is 0. The van der Waals surface area contributed by atoms with Crippen molar-refractivity contribution in [2.24, 2.45) is 10.9 Å². The fourth-order valence-corrected chi connectivity index (χ4v) is 0.570. The first-order chi connectivity index (χ1) is 4.22. The Kier molecular flexibility index (Phi) is 3.98. The summed E-state index contributed by atoms with van der Waals surface area (Å²) in [6.07, 6.45) is 1.12. The van der Waals surface area contributed by atoms with Gasteiger partial charge in [-0.1, -0.05) is 20.3 Å². The summed E-state index contributed by atoms with van der Waals surface area (Å²) in [5.41, 5.74) is 0. The minimum absolute atomic E-state index is 0.257. The van der Waals surface area contributed by atoms with Gasteiger partial charge in [-0.15, -0.1) is 0 Å². The van der Waals surface area contributed by atoms with Crippen LogP contribution in [-0.4, -0.2) is 12.1 Å². The van der Waals surface area contributed by atoms with Gasteiger partial charge < -0.3 is 0 Å². The van der Waals surface area contributed by atoms with E-state index in [1.54, 1.807) is 0 Å². The van der Waals surface area contributed by atoms with Gasteiger partial charge in [0.2, 0.25) is 0 Å². The molecule has 9 heavy (non-hydrogen) atoms. The number of hydrogen-bond acceptors (Lipinski definition) is 2. The number of aliphatic imine (C=N–C) groups is 1. The quantitative estimate of drug-likeness (QED) is 0.563. The van der Waals surface area contributed by atoms with Crippen LogP contribution in [0.3, 0.4) is 0 Å². The molecule has 2 heteroatoms. The molecule has 0 aromatic carbocycles. The van der Waals surface area contributed by atoms with Crippen LogP contribution < -0.4 is 0 Å². The smallest absolute Gasteiger partial charge is 0.0864 e. The summed E-state index contributed by atoms with van der Waals surface area (Å²) in [5, 5.41) is 6.58. The molecule has 2 unspecified atom stereocenters. The van der Waals surface area contributed by atoms with E-state index in [9.17, 15) is 0 Å². The van der Waals surface area contributed by atoms with Gasteiger partial charge in [-0.3, -0.25) is 0 Å². The van der Waals surface area contributed by atoms with E-state index >= 15 is 0 Å². The zero-order chi connectivity index (χ0) is 7.28. The fraction of sp³-hybridized carbons (Fsp3) is 0.857. The van der Waals surface area contributed by atoms with Crippen LogP contribution in [0.4, 0.5) is 0 Å². The molecular weight excluding hydrogens is 112 g/mol. The Morgan fingerprint density at radius 2 is 2.11 bits per heavy atom. The molecule has 0 aliphatic carbocycles. The monoisotopic (exact) mass is 126 g/mol. The molecule has 0 aromatic rings. The van der Waals surface area contributed by atoms with Gasteiger partial charge in [0, 0.05) is 0 Å². The van der Waals surface area contributed by atoms with E-state index in [1.165, 1.54) is 0 Å². The molecule has 0 rings (SSSR count). The first-order valence-electron chi connectivity index (χ1n) is 3.34. The molecule has 0 saturated carbocycles. The Labute approximate surface area is 56.5 Å². The normalized spacial score (nSPS) is 15.9. The number of nitrogens with zero attached hydrogens (tertiary/aromatic N) is 1. The van der Waals surface area contributed by atoms with E-state index in [0.29, 0.717) is 5.92 Å². The number of hydrogen-bond donors (Lipinski definition) is 1. The highest BCUT2D eigenvalue weighted by molar-refractivity contribution is 5.36. The molecule has 52 valence electrons. The molecule has 0 aliphatic heterocycles. The lowest BCUT2D eigenvalue weighted by Gasteiger charge is -2.10. The van der Waals surface area contributed by atoms with Crippen LogP contribution in [0, 0.1) is 11.3 Å². The predicted octanol–water partition coefficient (Wildman–Crippen LogP) is 2.17. The van der Waals surface area contributed by atoms with Gasteiger partial charge in [0.1, 0.15) is 0 Å². The van der Waals surface area contributed by atoms with Crippen LogP contribution >= 0.6 is 0 Å². The van der Waals surface area contributed by atoms with Crippen LogP contribution in [0.5, 0.6) is 0 Å².